The van der Waals surface area contributed by atoms with Crippen molar-refractivity contribution >= 4 is 0 Å². The Labute approximate surface area is 112 Å². The first kappa shape index (κ1) is 14.4. The van der Waals surface area contributed by atoms with Gasteiger partial charge in [0.05, 0.1) is 13.2 Å². The van der Waals surface area contributed by atoms with Crippen LogP contribution in [0.3, 0.4) is 0 Å². The molecule has 0 aromatic heterocycles. The second-order valence-electron chi connectivity index (χ2n) is 4.73. The SMILES string of the molecule is Fc1ccc(CNCCCN2CCOCC2)cc1F. The molecule has 1 aromatic rings. The molecule has 1 aromatic carbocycles. The smallest absolute Gasteiger partial charge is 0.159 e. The normalized spacial score (nSPS) is 16.7. The lowest BCUT2D eigenvalue weighted by molar-refractivity contribution is 0.0374. The standard InChI is InChI=1S/C14H20F2N2O/c15-13-3-2-12(10-14(13)16)11-17-4-1-5-18-6-8-19-9-7-18/h2-3,10,17H,1,4-9,11H2. The fraction of sp³-hybridized carbons (Fsp3) is 0.571. The van der Waals surface area contributed by atoms with Gasteiger partial charge in [-0.15, -0.1) is 0 Å². The predicted molar refractivity (Wildman–Crippen MR) is 69.9 cm³/mol. The van der Waals surface area contributed by atoms with Gasteiger partial charge in [0.25, 0.3) is 0 Å². The molecule has 0 bridgehead atoms. The van der Waals surface area contributed by atoms with Crippen molar-refractivity contribution in [1.29, 1.82) is 0 Å². The summed E-state index contributed by atoms with van der Waals surface area (Å²) < 4.78 is 31.0. The number of benzene rings is 1. The van der Waals surface area contributed by atoms with E-state index in [-0.39, 0.29) is 0 Å². The molecule has 1 N–H and O–H groups in total. The van der Waals surface area contributed by atoms with Crippen LogP contribution in [0.4, 0.5) is 8.78 Å². The van der Waals surface area contributed by atoms with E-state index in [1.54, 1.807) is 6.07 Å². The summed E-state index contributed by atoms with van der Waals surface area (Å²) in [6.45, 7) is 6.14. The van der Waals surface area contributed by atoms with Crippen LogP contribution in [0.15, 0.2) is 18.2 Å². The Morgan fingerprint density at radius 1 is 1.16 bits per heavy atom. The van der Waals surface area contributed by atoms with Gasteiger partial charge < -0.3 is 10.1 Å². The third-order valence-electron chi connectivity index (χ3n) is 3.24. The maximum atomic E-state index is 13.0. The molecular weight excluding hydrogens is 250 g/mol. The zero-order valence-corrected chi connectivity index (χ0v) is 11.0. The summed E-state index contributed by atoms with van der Waals surface area (Å²) in [7, 11) is 0. The van der Waals surface area contributed by atoms with Gasteiger partial charge in [0.2, 0.25) is 0 Å². The Morgan fingerprint density at radius 3 is 2.68 bits per heavy atom. The molecule has 106 valence electrons. The van der Waals surface area contributed by atoms with E-state index < -0.39 is 11.6 Å². The van der Waals surface area contributed by atoms with Gasteiger partial charge in [-0.2, -0.15) is 0 Å². The average molecular weight is 270 g/mol. The highest BCUT2D eigenvalue weighted by Crippen LogP contribution is 2.08. The Balaban J connectivity index is 1.59. The fourth-order valence-electron chi connectivity index (χ4n) is 2.13. The number of hydrogen-bond donors (Lipinski definition) is 1. The zero-order chi connectivity index (χ0) is 13.5. The summed E-state index contributed by atoms with van der Waals surface area (Å²) >= 11 is 0. The lowest BCUT2D eigenvalue weighted by Crippen LogP contribution is -2.37. The van der Waals surface area contributed by atoms with E-state index >= 15 is 0 Å². The molecule has 5 heteroatoms. The molecule has 1 aliphatic rings. The van der Waals surface area contributed by atoms with Gasteiger partial charge in [0, 0.05) is 19.6 Å². The first-order valence-corrected chi connectivity index (χ1v) is 6.70. The molecule has 1 saturated heterocycles. The van der Waals surface area contributed by atoms with Gasteiger partial charge in [-0.05, 0) is 37.2 Å². The maximum absolute atomic E-state index is 13.0. The van der Waals surface area contributed by atoms with Crippen molar-refractivity contribution in [3.8, 4) is 0 Å². The van der Waals surface area contributed by atoms with Gasteiger partial charge in [0.15, 0.2) is 11.6 Å². The largest absolute Gasteiger partial charge is 0.379 e. The number of rotatable bonds is 6. The second-order valence-corrected chi connectivity index (χ2v) is 4.73. The van der Waals surface area contributed by atoms with E-state index in [1.165, 1.54) is 12.1 Å². The van der Waals surface area contributed by atoms with Crippen LogP contribution in [0, 0.1) is 11.6 Å². The monoisotopic (exact) mass is 270 g/mol. The van der Waals surface area contributed by atoms with Crippen LogP contribution in [0.1, 0.15) is 12.0 Å². The molecule has 1 heterocycles. The quantitative estimate of drug-likeness (QED) is 0.797. The predicted octanol–water partition coefficient (Wildman–Crippen LogP) is 1.78. The highest BCUT2D eigenvalue weighted by molar-refractivity contribution is 5.17. The van der Waals surface area contributed by atoms with E-state index in [2.05, 4.69) is 10.2 Å². The molecule has 1 fully saturated rings. The van der Waals surface area contributed by atoms with Gasteiger partial charge in [-0.25, -0.2) is 8.78 Å². The van der Waals surface area contributed by atoms with Crippen molar-refractivity contribution in [2.24, 2.45) is 0 Å². The summed E-state index contributed by atoms with van der Waals surface area (Å²) in [6, 6.07) is 4.01. The molecule has 0 amide bonds. The molecule has 0 atom stereocenters. The lowest BCUT2D eigenvalue weighted by Gasteiger charge is -2.26. The summed E-state index contributed by atoms with van der Waals surface area (Å²) in [5.74, 6) is -1.58. The van der Waals surface area contributed by atoms with Crippen LogP contribution in [0.2, 0.25) is 0 Å². The van der Waals surface area contributed by atoms with Crippen molar-refractivity contribution in [2.75, 3.05) is 39.4 Å². The molecule has 0 radical (unpaired) electrons. The summed E-state index contributed by atoms with van der Waals surface area (Å²) in [5.41, 5.74) is 0.769. The van der Waals surface area contributed by atoms with Crippen LogP contribution >= 0.6 is 0 Å². The molecule has 0 saturated carbocycles. The van der Waals surface area contributed by atoms with E-state index in [4.69, 9.17) is 4.74 Å². The van der Waals surface area contributed by atoms with Crippen LogP contribution in [0.25, 0.3) is 0 Å². The fourth-order valence-corrected chi connectivity index (χ4v) is 2.13. The topological polar surface area (TPSA) is 24.5 Å². The number of halogens is 2. The van der Waals surface area contributed by atoms with E-state index in [0.29, 0.717) is 6.54 Å². The van der Waals surface area contributed by atoms with Crippen LogP contribution in [0.5, 0.6) is 0 Å². The number of nitrogens with one attached hydrogen (secondary N) is 1. The van der Waals surface area contributed by atoms with E-state index in [1.807, 2.05) is 0 Å². The minimum Gasteiger partial charge on any atom is -0.379 e. The van der Waals surface area contributed by atoms with Crippen LogP contribution in [-0.4, -0.2) is 44.3 Å². The second kappa shape index (κ2) is 7.53. The minimum atomic E-state index is -0.795. The van der Waals surface area contributed by atoms with Gasteiger partial charge in [-0.3, -0.25) is 4.90 Å². The summed E-state index contributed by atoms with van der Waals surface area (Å²) in [5, 5.41) is 3.24. The minimum absolute atomic E-state index is 0.570. The van der Waals surface area contributed by atoms with Crippen molar-refractivity contribution in [2.45, 2.75) is 13.0 Å². The van der Waals surface area contributed by atoms with E-state index in [0.717, 1.165) is 51.4 Å². The van der Waals surface area contributed by atoms with Crippen molar-refractivity contribution in [1.82, 2.24) is 10.2 Å². The van der Waals surface area contributed by atoms with Gasteiger partial charge in [0.1, 0.15) is 0 Å². The molecule has 2 rings (SSSR count). The number of hydrogen-bond acceptors (Lipinski definition) is 3. The molecule has 0 spiro atoms. The Kier molecular flexibility index (Phi) is 5.69. The Bertz CT molecular complexity index is 395. The molecule has 1 aliphatic heterocycles. The Hall–Kier alpha value is -1.04. The van der Waals surface area contributed by atoms with Crippen LogP contribution < -0.4 is 5.32 Å². The molecular formula is C14H20F2N2O. The summed E-state index contributed by atoms with van der Waals surface area (Å²) in [4.78, 5) is 2.38. The molecule has 19 heavy (non-hydrogen) atoms. The molecule has 0 unspecified atom stereocenters. The highest BCUT2D eigenvalue weighted by Gasteiger charge is 2.09. The third kappa shape index (κ3) is 4.86. The first-order valence-electron chi connectivity index (χ1n) is 6.70. The van der Waals surface area contributed by atoms with Crippen molar-refractivity contribution < 1.29 is 13.5 Å². The van der Waals surface area contributed by atoms with Crippen LogP contribution in [-0.2, 0) is 11.3 Å². The van der Waals surface area contributed by atoms with Gasteiger partial charge >= 0.3 is 0 Å². The zero-order valence-electron chi connectivity index (χ0n) is 11.0. The maximum Gasteiger partial charge on any atom is 0.159 e. The average Bonchev–Trinajstić information content (AvgIpc) is 2.43. The van der Waals surface area contributed by atoms with Crippen molar-refractivity contribution in [3.05, 3.63) is 35.4 Å². The Morgan fingerprint density at radius 2 is 1.95 bits per heavy atom. The van der Waals surface area contributed by atoms with Gasteiger partial charge in [-0.1, -0.05) is 6.07 Å². The highest BCUT2D eigenvalue weighted by atomic mass is 19.2. The lowest BCUT2D eigenvalue weighted by atomic mass is 10.2. The third-order valence-corrected chi connectivity index (χ3v) is 3.24. The number of nitrogens with zero attached hydrogens (tertiary/aromatic N) is 1. The molecule has 3 nitrogen and oxygen atoms in total. The number of ether oxygens (including phenoxy) is 1. The molecule has 0 aliphatic carbocycles. The first-order chi connectivity index (χ1) is 9.25. The number of morpholine rings is 1. The van der Waals surface area contributed by atoms with Crippen molar-refractivity contribution in [3.63, 3.8) is 0 Å². The summed E-state index contributed by atoms with van der Waals surface area (Å²) in [6.07, 6.45) is 1.05. The van der Waals surface area contributed by atoms with E-state index in [9.17, 15) is 8.78 Å².